The Labute approximate surface area is 277 Å². The van der Waals surface area contributed by atoms with Gasteiger partial charge >= 0.3 is 11.9 Å². The Morgan fingerprint density at radius 3 is 1.92 bits per heavy atom. The number of benzene rings is 2. The number of nitro benzene ring substituents is 2. The second-order valence-corrected chi connectivity index (χ2v) is 10.6. The maximum absolute atomic E-state index is 13.1. The highest BCUT2D eigenvalue weighted by Crippen LogP contribution is 2.22. The number of primary amides is 1. The maximum Gasteiger partial charge on any atom is 0.347 e. The van der Waals surface area contributed by atoms with E-state index in [9.17, 15) is 44.2 Å². The van der Waals surface area contributed by atoms with Gasteiger partial charge in [0.2, 0.25) is 12.5 Å². The molecule has 256 valence electrons. The molecule has 49 heavy (non-hydrogen) atoms. The molecule has 21 nitrogen and oxygen atoms in total. The molecular weight excluding hydrogens is 676 g/mol. The van der Waals surface area contributed by atoms with Gasteiger partial charge < -0.3 is 31.1 Å². The number of nitrogens with zero attached hydrogens (tertiary/aromatic N) is 5. The lowest BCUT2D eigenvalue weighted by Crippen LogP contribution is -2.74. The van der Waals surface area contributed by atoms with Crippen molar-refractivity contribution < 1.29 is 53.0 Å². The van der Waals surface area contributed by atoms with Crippen LogP contribution in [0.1, 0.15) is 16.8 Å². The van der Waals surface area contributed by atoms with Crippen LogP contribution in [0.15, 0.2) is 59.1 Å². The largest absolute Gasteiger partial charge is 0.459 e. The number of aromatic nitrogens is 1. The third-order valence-corrected chi connectivity index (χ3v) is 7.04. The number of nitrogens with two attached hydrogens (primary N) is 2. The van der Waals surface area contributed by atoms with Crippen LogP contribution >= 0.6 is 11.3 Å². The molecule has 3 amide bonds. The second kappa shape index (κ2) is 15.8. The fraction of sp³-hybridized carbons (Fsp3) is 0.222. The van der Waals surface area contributed by atoms with Gasteiger partial charge in [-0.3, -0.25) is 39.4 Å². The van der Waals surface area contributed by atoms with E-state index in [-0.39, 0.29) is 35.4 Å². The summed E-state index contributed by atoms with van der Waals surface area (Å²) in [7, 11) is 0. The van der Waals surface area contributed by atoms with Crippen molar-refractivity contribution in [1.29, 1.82) is 0 Å². The number of thiazole rings is 1. The lowest BCUT2D eigenvalue weighted by molar-refractivity contribution is -0.385. The number of hydrogen-bond acceptors (Lipinski definition) is 17. The molecule has 0 aliphatic carbocycles. The number of nitrogen functional groups attached to an aromatic ring is 1. The van der Waals surface area contributed by atoms with Crippen LogP contribution in [0.3, 0.4) is 0 Å². The van der Waals surface area contributed by atoms with Crippen molar-refractivity contribution in [3.8, 4) is 0 Å². The number of carbonyl (C=O) groups excluding carboxylic acids is 5. The van der Waals surface area contributed by atoms with Crippen molar-refractivity contribution in [2.45, 2.75) is 25.3 Å². The molecule has 2 unspecified atom stereocenters. The molecule has 1 aliphatic heterocycles. The lowest BCUT2D eigenvalue weighted by atomic mass is 9.97. The van der Waals surface area contributed by atoms with Crippen LogP contribution in [0.4, 0.5) is 16.5 Å². The highest BCUT2D eigenvalue weighted by atomic mass is 32.1. The summed E-state index contributed by atoms with van der Waals surface area (Å²) in [6.07, 6.45) is 0. The quantitative estimate of drug-likeness (QED) is 0.0576. The number of amides is 3. The minimum Gasteiger partial charge on any atom is -0.459 e. The summed E-state index contributed by atoms with van der Waals surface area (Å²) in [4.78, 5) is 96.7. The van der Waals surface area contributed by atoms with E-state index in [0.29, 0.717) is 16.2 Å². The zero-order valence-electron chi connectivity index (χ0n) is 24.8. The van der Waals surface area contributed by atoms with Gasteiger partial charge in [-0.2, -0.15) is 0 Å². The summed E-state index contributed by atoms with van der Waals surface area (Å²) < 4.78 is 10.0. The van der Waals surface area contributed by atoms with Crippen molar-refractivity contribution in [1.82, 2.24) is 15.4 Å². The van der Waals surface area contributed by atoms with Gasteiger partial charge in [0.05, 0.1) is 9.85 Å². The van der Waals surface area contributed by atoms with Crippen LogP contribution in [0.25, 0.3) is 0 Å². The van der Waals surface area contributed by atoms with E-state index in [2.05, 4.69) is 15.5 Å². The fourth-order valence-electron chi connectivity index (χ4n) is 3.95. The number of nitro groups is 2. The minimum absolute atomic E-state index is 0.0350. The highest BCUT2D eigenvalue weighted by Gasteiger charge is 2.53. The van der Waals surface area contributed by atoms with Gasteiger partial charge in [-0.05, 0) is 35.4 Å². The van der Waals surface area contributed by atoms with Gasteiger partial charge in [-0.15, -0.1) is 11.3 Å². The zero-order chi connectivity index (χ0) is 35.7. The van der Waals surface area contributed by atoms with Crippen LogP contribution in [0.2, 0.25) is 0 Å². The van der Waals surface area contributed by atoms with Crippen molar-refractivity contribution in [2.75, 3.05) is 18.9 Å². The molecule has 2 atom stereocenters. The Balaban J connectivity index is 1.31. The molecule has 3 aromatic rings. The summed E-state index contributed by atoms with van der Waals surface area (Å²) in [5, 5.41) is 29.2. The first kappa shape index (κ1) is 35.3. The number of ether oxygens (including phenoxy) is 2. The maximum atomic E-state index is 13.1. The first-order valence-electron chi connectivity index (χ1n) is 13.6. The van der Waals surface area contributed by atoms with E-state index in [0.717, 1.165) is 11.3 Å². The third kappa shape index (κ3) is 9.26. The molecule has 4 rings (SSSR count). The Bertz CT molecular complexity index is 1800. The van der Waals surface area contributed by atoms with Gasteiger partial charge in [0, 0.05) is 29.6 Å². The molecule has 0 bridgehead atoms. The van der Waals surface area contributed by atoms with E-state index in [1.165, 1.54) is 53.9 Å². The number of carbonyl (C=O) groups is 5. The second-order valence-electron chi connectivity index (χ2n) is 9.69. The Morgan fingerprint density at radius 2 is 1.45 bits per heavy atom. The van der Waals surface area contributed by atoms with E-state index in [1.807, 2.05) is 0 Å². The number of hydrogen-bond donors (Lipinski definition) is 3. The molecule has 1 fully saturated rings. The predicted octanol–water partition coefficient (Wildman–Crippen LogP) is -0.138. The van der Waals surface area contributed by atoms with Crippen molar-refractivity contribution in [3.05, 3.63) is 91.0 Å². The first-order valence-corrected chi connectivity index (χ1v) is 14.5. The molecule has 5 N–H and O–H groups in total. The smallest absolute Gasteiger partial charge is 0.347 e. The Morgan fingerprint density at radius 1 is 0.918 bits per heavy atom. The number of anilines is 1. The topological polar surface area (TPSA) is 301 Å². The summed E-state index contributed by atoms with van der Waals surface area (Å²) in [5.41, 5.74) is 11.0. The predicted molar refractivity (Wildman–Crippen MR) is 163 cm³/mol. The zero-order valence-corrected chi connectivity index (χ0v) is 25.6. The van der Waals surface area contributed by atoms with Crippen LogP contribution < -0.4 is 16.8 Å². The average Bonchev–Trinajstić information content (AvgIpc) is 3.50. The number of oxime groups is 1. The summed E-state index contributed by atoms with van der Waals surface area (Å²) >= 11 is 0.933. The number of non-ortho nitro benzene ring substituents is 2. The number of hydroxylamine groups is 2. The molecule has 2 aromatic carbocycles. The van der Waals surface area contributed by atoms with Crippen LogP contribution in [-0.4, -0.2) is 80.6 Å². The molecule has 1 saturated heterocycles. The van der Waals surface area contributed by atoms with Gasteiger partial charge in [0.25, 0.3) is 23.2 Å². The molecule has 0 saturated carbocycles. The number of β-lactam (4-membered cyclic amide) rings is 1. The van der Waals surface area contributed by atoms with Crippen molar-refractivity contribution >= 4 is 63.2 Å². The molecular formula is C27H24N8O13S. The van der Waals surface area contributed by atoms with Crippen LogP contribution in [0.5, 0.6) is 0 Å². The van der Waals surface area contributed by atoms with E-state index in [4.69, 9.17) is 30.6 Å². The van der Waals surface area contributed by atoms with Crippen LogP contribution in [0, 0.1) is 20.2 Å². The van der Waals surface area contributed by atoms with Gasteiger partial charge in [-0.25, -0.2) is 19.6 Å². The fourth-order valence-corrected chi connectivity index (χ4v) is 4.50. The standard InChI is InChI=1S/C27H24N8O13S/c28-24(38)23-22(26(40)33(23)48-12-20(37)46-10-15-3-7-17(8-4-15)35(43)44)31-25(39)21(18-13-49-27(29)30-18)32-47-11-19(36)45-9-14-1-5-16(6-2-14)34(41)42/h1-8,13,22-23H,9-12H2,(H2,28,38)(H2,29,30)(H,31,39). The first-order chi connectivity index (χ1) is 23.3. The lowest BCUT2D eigenvalue weighted by Gasteiger charge is -2.43. The normalized spacial score (nSPS) is 15.5. The SMILES string of the molecule is NC(=O)C1C(NC(=O)C(=NOCC(=O)OCc2ccc([N+](=O)[O-])cc2)c2csc(N)n2)C(=O)N1OCC(=O)OCc1ccc([N+](=O)[O-])cc1. The monoisotopic (exact) mass is 700 g/mol. The molecule has 2 heterocycles. The summed E-state index contributed by atoms with van der Waals surface area (Å²) in [5.74, 6) is -5.03. The Hall–Kier alpha value is -6.55. The molecule has 1 aromatic heterocycles. The number of rotatable bonds is 16. The van der Waals surface area contributed by atoms with Gasteiger partial charge in [0.15, 0.2) is 23.5 Å². The summed E-state index contributed by atoms with van der Waals surface area (Å²) in [6, 6.07) is 7.32. The third-order valence-electron chi connectivity index (χ3n) is 6.36. The molecule has 22 heteroatoms. The van der Waals surface area contributed by atoms with Gasteiger partial charge in [-0.1, -0.05) is 5.16 Å². The van der Waals surface area contributed by atoms with E-state index >= 15 is 0 Å². The molecule has 0 radical (unpaired) electrons. The van der Waals surface area contributed by atoms with Crippen LogP contribution in [-0.2, 0) is 56.3 Å². The highest BCUT2D eigenvalue weighted by molar-refractivity contribution is 7.13. The summed E-state index contributed by atoms with van der Waals surface area (Å²) in [6.45, 7) is -2.12. The van der Waals surface area contributed by atoms with Gasteiger partial charge in [0.1, 0.15) is 24.9 Å². The van der Waals surface area contributed by atoms with E-state index < -0.39 is 70.5 Å². The van der Waals surface area contributed by atoms with Crippen molar-refractivity contribution in [3.63, 3.8) is 0 Å². The Kier molecular flexibility index (Phi) is 11.4. The molecule has 0 spiro atoms. The minimum atomic E-state index is -1.56. The number of esters is 2. The molecule has 1 aliphatic rings. The average molecular weight is 701 g/mol. The van der Waals surface area contributed by atoms with E-state index in [1.54, 1.807) is 0 Å². The van der Waals surface area contributed by atoms with Crippen molar-refractivity contribution in [2.24, 2.45) is 10.9 Å². The number of nitrogens with one attached hydrogen (secondary N) is 1.